The minimum Gasteiger partial charge on any atom is -0.373 e. The first-order valence-electron chi connectivity index (χ1n) is 7.60. The first-order chi connectivity index (χ1) is 11.1. The number of morpholine rings is 1. The Morgan fingerprint density at radius 2 is 1.79 bits per heavy atom. The summed E-state index contributed by atoms with van der Waals surface area (Å²) in [6.45, 7) is 0.105. The summed E-state index contributed by atoms with van der Waals surface area (Å²) in [7, 11) is -3.35. The molecule has 0 aromatic carbocycles. The lowest BCUT2D eigenvalue weighted by Gasteiger charge is -2.39. The molecule has 0 aromatic rings. The van der Waals surface area contributed by atoms with Crippen molar-refractivity contribution in [2.75, 3.05) is 31.2 Å². The van der Waals surface area contributed by atoms with E-state index < -0.39 is 46.0 Å². The number of carbonyl (C=O) groups excluding carboxylic acids is 2. The average molecular weight is 370 g/mol. The Hall–Kier alpha value is -1.36. The van der Waals surface area contributed by atoms with Gasteiger partial charge in [-0.1, -0.05) is 0 Å². The zero-order chi connectivity index (χ0) is 17.7. The van der Waals surface area contributed by atoms with Gasteiger partial charge in [-0.3, -0.25) is 9.59 Å². The zero-order valence-electron chi connectivity index (χ0n) is 12.7. The smallest absolute Gasteiger partial charge is 0.373 e. The van der Waals surface area contributed by atoms with Gasteiger partial charge in [0.1, 0.15) is 6.04 Å². The molecule has 0 bridgehead atoms. The highest BCUT2D eigenvalue weighted by Gasteiger charge is 2.51. The molecule has 3 aliphatic rings. The Labute approximate surface area is 136 Å². The van der Waals surface area contributed by atoms with E-state index in [-0.39, 0.29) is 37.6 Å². The number of hydrogen-bond donors (Lipinski definition) is 0. The molecule has 136 valence electrons. The van der Waals surface area contributed by atoms with Crippen molar-refractivity contribution >= 4 is 21.7 Å². The number of carbonyl (C=O) groups is 2. The van der Waals surface area contributed by atoms with Gasteiger partial charge in [0.25, 0.3) is 0 Å². The van der Waals surface area contributed by atoms with E-state index >= 15 is 0 Å². The topological polar surface area (TPSA) is 84.0 Å². The lowest BCUT2D eigenvalue weighted by atomic mass is 10.1. The second kappa shape index (κ2) is 5.87. The van der Waals surface area contributed by atoms with Crippen molar-refractivity contribution in [2.45, 2.75) is 37.2 Å². The Kier molecular flexibility index (Phi) is 4.27. The highest BCUT2D eigenvalue weighted by molar-refractivity contribution is 7.91. The van der Waals surface area contributed by atoms with Crippen LogP contribution in [0.5, 0.6) is 0 Å². The van der Waals surface area contributed by atoms with Crippen LogP contribution in [-0.4, -0.2) is 85.6 Å². The van der Waals surface area contributed by atoms with Crippen molar-refractivity contribution in [3.8, 4) is 0 Å². The third kappa shape index (κ3) is 3.10. The van der Waals surface area contributed by atoms with Crippen molar-refractivity contribution < 1.29 is 35.9 Å². The van der Waals surface area contributed by atoms with Crippen molar-refractivity contribution in [1.82, 2.24) is 9.80 Å². The lowest BCUT2D eigenvalue weighted by molar-refractivity contribution is -0.188. The monoisotopic (exact) mass is 370 g/mol. The van der Waals surface area contributed by atoms with Gasteiger partial charge in [-0.05, 0) is 12.8 Å². The minimum absolute atomic E-state index is 0.111. The van der Waals surface area contributed by atoms with Gasteiger partial charge >= 0.3 is 12.1 Å². The van der Waals surface area contributed by atoms with E-state index in [1.807, 2.05) is 0 Å². The maximum absolute atomic E-state index is 12.7. The molecule has 0 N–H and O–H groups in total. The van der Waals surface area contributed by atoms with Gasteiger partial charge in [0, 0.05) is 13.1 Å². The number of rotatable bonds is 1. The molecule has 24 heavy (non-hydrogen) atoms. The molecule has 3 atom stereocenters. The number of sulfone groups is 1. The fourth-order valence-corrected chi connectivity index (χ4v) is 5.48. The summed E-state index contributed by atoms with van der Waals surface area (Å²) < 4.78 is 66.9. The second-order valence-corrected chi connectivity index (χ2v) is 8.39. The Bertz CT molecular complexity index is 650. The zero-order valence-corrected chi connectivity index (χ0v) is 13.5. The maximum Gasteiger partial charge on any atom is 0.471 e. The molecule has 2 amide bonds. The van der Waals surface area contributed by atoms with Gasteiger partial charge in [-0.25, -0.2) is 8.42 Å². The van der Waals surface area contributed by atoms with E-state index in [1.165, 1.54) is 4.90 Å². The summed E-state index contributed by atoms with van der Waals surface area (Å²) in [6.07, 6.45) is -5.25. The van der Waals surface area contributed by atoms with Crippen LogP contribution in [0.3, 0.4) is 0 Å². The minimum atomic E-state index is -5.03. The van der Waals surface area contributed by atoms with Crippen LogP contribution in [0.2, 0.25) is 0 Å². The molecular weight excluding hydrogens is 353 g/mol. The van der Waals surface area contributed by atoms with Gasteiger partial charge in [-0.15, -0.1) is 0 Å². The number of hydrogen-bond acceptors (Lipinski definition) is 5. The van der Waals surface area contributed by atoms with Crippen molar-refractivity contribution in [3.05, 3.63) is 0 Å². The van der Waals surface area contributed by atoms with Gasteiger partial charge in [0.15, 0.2) is 9.84 Å². The number of nitrogens with zero attached hydrogens (tertiary/aromatic N) is 2. The third-order valence-electron chi connectivity index (χ3n) is 4.66. The number of amides is 2. The summed E-state index contributed by atoms with van der Waals surface area (Å²) in [6, 6.07) is -1.89. The summed E-state index contributed by atoms with van der Waals surface area (Å²) in [5.74, 6) is -3.11. The molecule has 11 heteroatoms. The molecule has 3 aliphatic heterocycles. The highest BCUT2D eigenvalue weighted by atomic mass is 32.2. The van der Waals surface area contributed by atoms with E-state index in [4.69, 9.17) is 4.74 Å². The molecule has 3 unspecified atom stereocenters. The van der Waals surface area contributed by atoms with Crippen LogP contribution in [0.4, 0.5) is 13.2 Å². The summed E-state index contributed by atoms with van der Waals surface area (Å²) >= 11 is 0. The van der Waals surface area contributed by atoms with Crippen LogP contribution in [-0.2, 0) is 24.2 Å². The molecule has 3 fully saturated rings. The third-order valence-corrected chi connectivity index (χ3v) is 6.35. The van der Waals surface area contributed by atoms with Crippen LogP contribution in [0.25, 0.3) is 0 Å². The molecular formula is C13H17F3N2O5S. The number of alkyl halides is 3. The second-order valence-electron chi connectivity index (χ2n) is 6.24. The van der Waals surface area contributed by atoms with Crippen molar-refractivity contribution in [2.24, 2.45) is 0 Å². The van der Waals surface area contributed by atoms with E-state index in [2.05, 4.69) is 0 Å². The maximum atomic E-state index is 12.7. The predicted molar refractivity (Wildman–Crippen MR) is 74.7 cm³/mol. The normalized spacial score (nSPS) is 32.7. The average Bonchev–Trinajstić information content (AvgIpc) is 3.06. The van der Waals surface area contributed by atoms with Gasteiger partial charge in [0.2, 0.25) is 5.91 Å². The summed E-state index contributed by atoms with van der Waals surface area (Å²) in [5.41, 5.74) is 0. The Morgan fingerprint density at radius 3 is 2.46 bits per heavy atom. The van der Waals surface area contributed by atoms with Gasteiger partial charge in [0.05, 0.1) is 30.3 Å². The Morgan fingerprint density at radius 1 is 1.08 bits per heavy atom. The summed E-state index contributed by atoms with van der Waals surface area (Å²) in [4.78, 5) is 26.1. The van der Waals surface area contributed by atoms with Crippen LogP contribution >= 0.6 is 0 Å². The quantitative estimate of drug-likeness (QED) is 0.625. The molecule has 3 heterocycles. The summed E-state index contributed by atoms with van der Waals surface area (Å²) in [5, 5.41) is 0. The van der Waals surface area contributed by atoms with Crippen molar-refractivity contribution in [1.29, 1.82) is 0 Å². The molecule has 0 saturated carbocycles. The van der Waals surface area contributed by atoms with Crippen LogP contribution in [0.1, 0.15) is 12.8 Å². The SMILES string of the molecule is O=C(C1CCCN1C(=O)C(F)(F)F)N1CCOC2CS(=O)(=O)CC21. The van der Waals surface area contributed by atoms with E-state index in [0.717, 1.165) is 0 Å². The van der Waals surface area contributed by atoms with Gasteiger partial charge < -0.3 is 14.5 Å². The largest absolute Gasteiger partial charge is 0.471 e. The molecule has 0 aromatic heterocycles. The van der Waals surface area contributed by atoms with Gasteiger partial charge in [-0.2, -0.15) is 13.2 Å². The molecule has 0 aliphatic carbocycles. The van der Waals surface area contributed by atoms with Crippen LogP contribution in [0, 0.1) is 0 Å². The van der Waals surface area contributed by atoms with Crippen LogP contribution in [0.15, 0.2) is 0 Å². The number of halogens is 3. The molecule has 0 spiro atoms. The van der Waals surface area contributed by atoms with E-state index in [9.17, 15) is 31.2 Å². The standard InChI is InChI=1S/C13H17F3N2O5S/c14-13(15,16)12(20)18-3-1-2-8(18)11(19)17-4-5-23-10-7-24(21,22)6-9(10)17/h8-10H,1-7H2. The van der Waals surface area contributed by atoms with E-state index in [0.29, 0.717) is 11.3 Å². The van der Waals surface area contributed by atoms with Crippen molar-refractivity contribution in [3.63, 3.8) is 0 Å². The Balaban J connectivity index is 1.79. The van der Waals surface area contributed by atoms with Crippen LogP contribution < -0.4 is 0 Å². The lowest BCUT2D eigenvalue weighted by Crippen LogP contribution is -2.59. The molecule has 3 saturated heterocycles. The first kappa shape index (κ1) is 17.5. The predicted octanol–water partition coefficient (Wildman–Crippen LogP) is -0.436. The molecule has 3 rings (SSSR count). The molecule has 0 radical (unpaired) electrons. The number of likely N-dealkylation sites (tertiary alicyclic amines) is 1. The fourth-order valence-electron chi connectivity index (χ4n) is 3.61. The fraction of sp³-hybridized carbons (Fsp3) is 0.846. The molecule has 7 nitrogen and oxygen atoms in total. The number of fused-ring (bicyclic) bond motifs is 1. The van der Waals surface area contributed by atoms with E-state index in [1.54, 1.807) is 0 Å². The first-order valence-corrected chi connectivity index (χ1v) is 9.42. The number of ether oxygens (including phenoxy) is 1. The highest BCUT2D eigenvalue weighted by Crippen LogP contribution is 2.30.